The van der Waals surface area contributed by atoms with Crippen LogP contribution in [0.1, 0.15) is 18.1 Å². The van der Waals surface area contributed by atoms with Crippen LogP contribution in [0.2, 0.25) is 0 Å². The number of rotatable bonds is 5. The van der Waals surface area contributed by atoms with Crippen LogP contribution in [0.3, 0.4) is 0 Å². The maximum atomic E-state index is 13.9. The van der Waals surface area contributed by atoms with Gasteiger partial charge in [0.25, 0.3) is 0 Å². The second kappa shape index (κ2) is 7.04. The van der Waals surface area contributed by atoms with Gasteiger partial charge in [0.1, 0.15) is 12.4 Å². The standard InChI is InChI=1S/C17H18FNO3/c1-17(12-20,14-9-5-6-10-15(14)18)19-16(21)22-11-13-7-3-2-4-8-13/h2-10,20H,11-12H2,1H3,(H,19,21). The lowest BCUT2D eigenvalue weighted by Crippen LogP contribution is -2.47. The lowest BCUT2D eigenvalue weighted by Gasteiger charge is -2.29. The Labute approximate surface area is 128 Å². The smallest absolute Gasteiger partial charge is 0.408 e. The summed E-state index contributed by atoms with van der Waals surface area (Å²) in [5.41, 5.74) is -0.206. The molecule has 1 atom stereocenters. The molecular formula is C17H18FNO3. The molecule has 0 aromatic heterocycles. The summed E-state index contributed by atoms with van der Waals surface area (Å²) in [7, 11) is 0. The molecule has 0 aliphatic rings. The largest absolute Gasteiger partial charge is 0.445 e. The number of halogens is 1. The number of carbonyl (C=O) groups is 1. The van der Waals surface area contributed by atoms with Crippen molar-refractivity contribution in [1.29, 1.82) is 0 Å². The molecule has 1 unspecified atom stereocenters. The van der Waals surface area contributed by atoms with Crippen LogP contribution < -0.4 is 5.32 Å². The van der Waals surface area contributed by atoms with Crippen LogP contribution in [0.15, 0.2) is 54.6 Å². The van der Waals surface area contributed by atoms with Gasteiger partial charge in [-0.1, -0.05) is 48.5 Å². The zero-order valence-electron chi connectivity index (χ0n) is 12.3. The first kappa shape index (κ1) is 16.0. The van der Waals surface area contributed by atoms with Crippen LogP contribution in [0.5, 0.6) is 0 Å². The number of hydrogen-bond acceptors (Lipinski definition) is 3. The first-order chi connectivity index (χ1) is 10.5. The van der Waals surface area contributed by atoms with E-state index >= 15 is 0 Å². The van der Waals surface area contributed by atoms with Gasteiger partial charge in [-0.25, -0.2) is 9.18 Å². The molecule has 0 heterocycles. The van der Waals surface area contributed by atoms with E-state index in [9.17, 15) is 14.3 Å². The van der Waals surface area contributed by atoms with E-state index in [0.29, 0.717) is 0 Å². The van der Waals surface area contributed by atoms with Gasteiger partial charge in [-0.05, 0) is 18.6 Å². The SMILES string of the molecule is CC(CO)(NC(=O)OCc1ccccc1)c1ccccc1F. The molecule has 0 fully saturated rings. The number of benzene rings is 2. The highest BCUT2D eigenvalue weighted by atomic mass is 19.1. The quantitative estimate of drug-likeness (QED) is 0.893. The Bertz CT molecular complexity index is 633. The highest BCUT2D eigenvalue weighted by Gasteiger charge is 2.31. The fraction of sp³-hybridized carbons (Fsp3) is 0.235. The molecule has 2 aromatic rings. The van der Waals surface area contributed by atoms with E-state index in [4.69, 9.17) is 4.74 Å². The topological polar surface area (TPSA) is 58.6 Å². The second-order valence-corrected chi connectivity index (χ2v) is 5.16. The third-order valence-electron chi connectivity index (χ3n) is 3.38. The Hall–Kier alpha value is -2.40. The van der Waals surface area contributed by atoms with Gasteiger partial charge >= 0.3 is 6.09 Å². The maximum absolute atomic E-state index is 13.9. The van der Waals surface area contributed by atoms with Gasteiger partial charge in [0, 0.05) is 5.56 Å². The van der Waals surface area contributed by atoms with Crippen molar-refractivity contribution >= 4 is 6.09 Å². The number of nitrogens with one attached hydrogen (secondary N) is 1. The van der Waals surface area contributed by atoms with Crippen LogP contribution in [0.25, 0.3) is 0 Å². The van der Waals surface area contributed by atoms with E-state index in [1.807, 2.05) is 30.3 Å². The van der Waals surface area contributed by atoms with Gasteiger partial charge in [0.15, 0.2) is 0 Å². The van der Waals surface area contributed by atoms with E-state index in [1.165, 1.54) is 19.1 Å². The third kappa shape index (κ3) is 3.83. The molecule has 0 aliphatic carbocycles. The van der Waals surface area contributed by atoms with Gasteiger partial charge in [0.05, 0.1) is 12.1 Å². The minimum Gasteiger partial charge on any atom is -0.445 e. The first-order valence-electron chi connectivity index (χ1n) is 6.90. The molecular weight excluding hydrogens is 285 g/mol. The Kier molecular flexibility index (Phi) is 5.12. The molecule has 0 spiro atoms. The average molecular weight is 303 g/mol. The molecule has 2 rings (SSSR count). The number of alkyl carbamates (subject to hydrolysis) is 1. The zero-order valence-corrected chi connectivity index (χ0v) is 12.3. The lowest BCUT2D eigenvalue weighted by molar-refractivity contribution is 0.110. The van der Waals surface area contributed by atoms with Crippen LogP contribution in [-0.4, -0.2) is 17.8 Å². The average Bonchev–Trinajstić information content (AvgIpc) is 2.54. The van der Waals surface area contributed by atoms with E-state index in [-0.39, 0.29) is 12.2 Å². The van der Waals surface area contributed by atoms with Crippen molar-refractivity contribution in [2.75, 3.05) is 6.61 Å². The van der Waals surface area contributed by atoms with Gasteiger partial charge in [-0.2, -0.15) is 0 Å². The van der Waals surface area contributed by atoms with E-state index in [2.05, 4.69) is 5.32 Å². The second-order valence-electron chi connectivity index (χ2n) is 5.16. The van der Waals surface area contributed by atoms with E-state index in [1.54, 1.807) is 12.1 Å². The summed E-state index contributed by atoms with van der Waals surface area (Å²) in [6, 6.07) is 15.2. The van der Waals surface area contributed by atoms with Crippen LogP contribution >= 0.6 is 0 Å². The van der Waals surface area contributed by atoms with Gasteiger partial charge in [-0.15, -0.1) is 0 Å². The summed E-state index contributed by atoms with van der Waals surface area (Å²) in [4.78, 5) is 11.9. The predicted molar refractivity (Wildman–Crippen MR) is 80.6 cm³/mol. The van der Waals surface area contributed by atoms with Crippen molar-refractivity contribution in [3.05, 3.63) is 71.5 Å². The fourth-order valence-corrected chi connectivity index (χ4v) is 2.09. The summed E-state index contributed by atoms with van der Waals surface area (Å²) in [6.45, 7) is 1.19. The van der Waals surface area contributed by atoms with Crippen molar-refractivity contribution in [2.24, 2.45) is 0 Å². The molecule has 22 heavy (non-hydrogen) atoms. The summed E-state index contributed by atoms with van der Waals surface area (Å²) in [6.07, 6.45) is -0.719. The number of carbonyl (C=O) groups excluding carboxylic acids is 1. The minimum atomic E-state index is -1.25. The highest BCUT2D eigenvalue weighted by molar-refractivity contribution is 5.68. The van der Waals surface area contributed by atoms with Crippen LogP contribution in [-0.2, 0) is 16.9 Å². The van der Waals surface area contributed by atoms with Crippen molar-refractivity contribution in [1.82, 2.24) is 5.32 Å². The van der Waals surface area contributed by atoms with Crippen molar-refractivity contribution in [3.63, 3.8) is 0 Å². The molecule has 1 amide bonds. The Morgan fingerprint density at radius 3 is 2.45 bits per heavy atom. The number of hydrogen-bond donors (Lipinski definition) is 2. The van der Waals surface area contributed by atoms with E-state index < -0.39 is 24.1 Å². The predicted octanol–water partition coefficient (Wildman–Crippen LogP) is 2.96. The van der Waals surface area contributed by atoms with Gasteiger partial charge in [0.2, 0.25) is 0 Å². The summed E-state index contributed by atoms with van der Waals surface area (Å²) < 4.78 is 19.0. The summed E-state index contributed by atoms with van der Waals surface area (Å²) >= 11 is 0. The third-order valence-corrected chi connectivity index (χ3v) is 3.38. The van der Waals surface area contributed by atoms with Crippen molar-refractivity contribution in [3.8, 4) is 0 Å². The maximum Gasteiger partial charge on any atom is 0.408 e. The van der Waals surface area contributed by atoms with Gasteiger partial charge < -0.3 is 15.2 Å². The summed E-state index contributed by atoms with van der Waals surface area (Å²) in [5, 5.41) is 12.1. The van der Waals surface area contributed by atoms with E-state index in [0.717, 1.165) is 5.56 Å². The molecule has 0 bridgehead atoms. The Balaban J connectivity index is 2.03. The molecule has 2 N–H and O–H groups in total. The minimum absolute atomic E-state index is 0.103. The number of ether oxygens (including phenoxy) is 1. The number of amides is 1. The van der Waals surface area contributed by atoms with Crippen molar-refractivity contribution < 1.29 is 19.0 Å². The molecule has 0 radical (unpaired) electrons. The first-order valence-corrected chi connectivity index (χ1v) is 6.90. The zero-order chi connectivity index (χ0) is 16.0. The summed E-state index contributed by atoms with van der Waals surface area (Å²) in [5.74, 6) is -0.498. The molecule has 0 saturated heterocycles. The monoisotopic (exact) mass is 303 g/mol. The molecule has 5 heteroatoms. The molecule has 0 aliphatic heterocycles. The molecule has 0 saturated carbocycles. The Morgan fingerprint density at radius 1 is 1.18 bits per heavy atom. The lowest BCUT2D eigenvalue weighted by atomic mass is 9.92. The molecule has 116 valence electrons. The fourth-order valence-electron chi connectivity index (χ4n) is 2.09. The van der Waals surface area contributed by atoms with Gasteiger partial charge in [-0.3, -0.25) is 0 Å². The number of aliphatic hydroxyl groups is 1. The molecule has 4 nitrogen and oxygen atoms in total. The molecule has 2 aromatic carbocycles. The normalized spacial score (nSPS) is 13.2. The van der Waals surface area contributed by atoms with Crippen molar-refractivity contribution in [2.45, 2.75) is 19.1 Å². The number of aliphatic hydroxyl groups excluding tert-OH is 1. The Morgan fingerprint density at radius 2 is 1.82 bits per heavy atom. The van der Waals surface area contributed by atoms with Crippen LogP contribution in [0.4, 0.5) is 9.18 Å². The van der Waals surface area contributed by atoms with Crippen LogP contribution in [0, 0.1) is 5.82 Å². The highest BCUT2D eigenvalue weighted by Crippen LogP contribution is 2.23.